The molecule has 0 saturated heterocycles. The molecule has 0 amide bonds. The van der Waals surface area contributed by atoms with Gasteiger partial charge in [-0.1, -0.05) is 12.1 Å². The zero-order valence-corrected chi connectivity index (χ0v) is 15.2. The molecule has 0 unspecified atom stereocenters. The molecule has 0 heterocycles. The molecule has 1 aliphatic carbocycles. The van der Waals surface area contributed by atoms with E-state index < -0.39 is 0 Å². The van der Waals surface area contributed by atoms with Gasteiger partial charge in [0.05, 0.1) is 25.6 Å². The Morgan fingerprint density at radius 2 is 1.92 bits per heavy atom. The van der Waals surface area contributed by atoms with E-state index in [1.54, 1.807) is 14.2 Å². The van der Waals surface area contributed by atoms with Crippen LogP contribution in [-0.2, 0) is 6.42 Å². The van der Waals surface area contributed by atoms with Gasteiger partial charge in [-0.15, -0.1) is 0 Å². The van der Waals surface area contributed by atoms with Gasteiger partial charge in [-0.25, -0.2) is 0 Å². The highest BCUT2D eigenvalue weighted by atomic mass is 32.1. The summed E-state index contributed by atoms with van der Waals surface area (Å²) in [6.45, 7) is 0. The van der Waals surface area contributed by atoms with E-state index in [4.69, 9.17) is 21.7 Å². The predicted molar refractivity (Wildman–Crippen MR) is 105 cm³/mol. The van der Waals surface area contributed by atoms with Crippen LogP contribution in [0.2, 0.25) is 0 Å². The second-order valence-electron chi connectivity index (χ2n) is 5.70. The van der Waals surface area contributed by atoms with Crippen LogP contribution in [0.15, 0.2) is 47.6 Å². The number of aryl methyl sites for hydroxylation is 1. The molecule has 0 saturated carbocycles. The van der Waals surface area contributed by atoms with E-state index in [1.807, 2.05) is 30.3 Å². The normalized spacial score (nSPS) is 14.6. The largest absolute Gasteiger partial charge is 0.497 e. The maximum atomic E-state index is 5.35. The molecule has 1 aliphatic rings. The molecule has 0 fully saturated rings. The number of methoxy groups -OCH3 is 2. The van der Waals surface area contributed by atoms with Crippen LogP contribution in [0.25, 0.3) is 0 Å². The molecule has 6 heteroatoms. The van der Waals surface area contributed by atoms with E-state index >= 15 is 0 Å². The number of benzene rings is 2. The molecule has 0 bridgehead atoms. The van der Waals surface area contributed by atoms with Gasteiger partial charge in [0.25, 0.3) is 0 Å². The van der Waals surface area contributed by atoms with Crippen molar-refractivity contribution in [1.29, 1.82) is 0 Å². The van der Waals surface area contributed by atoms with Gasteiger partial charge in [0.1, 0.15) is 11.5 Å². The zero-order chi connectivity index (χ0) is 17.6. The van der Waals surface area contributed by atoms with Crippen molar-refractivity contribution in [3.63, 3.8) is 0 Å². The minimum atomic E-state index is 0.428. The minimum absolute atomic E-state index is 0.428. The first-order chi connectivity index (χ1) is 12.2. The van der Waals surface area contributed by atoms with Crippen LogP contribution < -0.4 is 20.2 Å². The Morgan fingerprint density at radius 1 is 1.08 bits per heavy atom. The first-order valence-electron chi connectivity index (χ1n) is 8.15. The lowest BCUT2D eigenvalue weighted by Gasteiger charge is -2.19. The molecule has 0 radical (unpaired) electrons. The van der Waals surface area contributed by atoms with Crippen molar-refractivity contribution in [1.82, 2.24) is 5.43 Å². The van der Waals surface area contributed by atoms with E-state index in [1.165, 1.54) is 5.56 Å². The summed E-state index contributed by atoms with van der Waals surface area (Å²) in [5.41, 5.74) is 7.16. The molecule has 0 atom stereocenters. The standard InChI is InChI=1S/C19H21N3O2S/c1-23-14-10-11-15-13(12-14)6-5-8-16(15)21-22-19(25)20-17-7-3-4-9-18(17)24-2/h3-4,7,9-12H,5-6,8H2,1-2H3,(H2,20,22,25). The quantitative estimate of drug-likeness (QED) is 0.646. The van der Waals surface area contributed by atoms with Crippen molar-refractivity contribution in [3.8, 4) is 11.5 Å². The molecule has 5 nitrogen and oxygen atoms in total. The summed E-state index contributed by atoms with van der Waals surface area (Å²) >= 11 is 5.35. The second-order valence-corrected chi connectivity index (χ2v) is 6.11. The van der Waals surface area contributed by atoms with Crippen LogP contribution in [-0.4, -0.2) is 25.0 Å². The van der Waals surface area contributed by atoms with E-state index in [0.29, 0.717) is 5.11 Å². The van der Waals surface area contributed by atoms with Gasteiger partial charge in [-0.05, 0) is 67.4 Å². The molecule has 0 spiro atoms. The third-order valence-corrected chi connectivity index (χ3v) is 4.32. The second kappa shape index (κ2) is 7.98. The highest BCUT2D eigenvalue weighted by molar-refractivity contribution is 7.80. The van der Waals surface area contributed by atoms with Crippen LogP contribution in [0, 0.1) is 0 Å². The Bertz CT molecular complexity index is 805. The fourth-order valence-electron chi connectivity index (χ4n) is 2.90. The van der Waals surface area contributed by atoms with Gasteiger partial charge in [0.15, 0.2) is 5.11 Å². The van der Waals surface area contributed by atoms with E-state index in [9.17, 15) is 0 Å². The molecular formula is C19H21N3O2S. The van der Waals surface area contributed by atoms with Crippen molar-refractivity contribution in [3.05, 3.63) is 53.6 Å². The summed E-state index contributed by atoms with van der Waals surface area (Å²) in [6.07, 6.45) is 3.02. The third kappa shape index (κ3) is 4.09. The number of thiocarbonyl (C=S) groups is 1. The van der Waals surface area contributed by atoms with Crippen molar-refractivity contribution in [2.24, 2.45) is 5.10 Å². The number of rotatable bonds is 4. The molecule has 0 aliphatic heterocycles. The van der Waals surface area contributed by atoms with Crippen LogP contribution in [0.4, 0.5) is 5.69 Å². The van der Waals surface area contributed by atoms with Crippen molar-refractivity contribution in [2.45, 2.75) is 19.3 Å². The summed E-state index contributed by atoms with van der Waals surface area (Å²) in [5.74, 6) is 1.61. The number of anilines is 1. The lowest BCUT2D eigenvalue weighted by atomic mass is 9.90. The minimum Gasteiger partial charge on any atom is -0.497 e. The molecule has 25 heavy (non-hydrogen) atoms. The Labute approximate surface area is 153 Å². The van der Waals surface area contributed by atoms with Crippen molar-refractivity contribution in [2.75, 3.05) is 19.5 Å². The number of hydrogen-bond acceptors (Lipinski definition) is 4. The SMILES string of the molecule is COc1ccc2c(c1)CCCC2=NNC(=S)Nc1ccccc1OC. The molecule has 130 valence electrons. The predicted octanol–water partition coefficient (Wildman–Crippen LogP) is 3.73. The molecule has 2 aromatic carbocycles. The smallest absolute Gasteiger partial charge is 0.191 e. The summed E-state index contributed by atoms with van der Waals surface area (Å²) in [5, 5.41) is 8.05. The number of hydrazone groups is 1. The van der Waals surface area contributed by atoms with Gasteiger partial charge in [0.2, 0.25) is 0 Å². The van der Waals surface area contributed by atoms with E-state index in [2.05, 4.69) is 28.0 Å². The summed E-state index contributed by atoms with van der Waals surface area (Å²) in [7, 11) is 3.31. The Kier molecular flexibility index (Phi) is 5.50. The van der Waals surface area contributed by atoms with Crippen LogP contribution in [0.1, 0.15) is 24.0 Å². The molecular weight excluding hydrogens is 334 g/mol. The Hall–Kier alpha value is -2.60. The van der Waals surface area contributed by atoms with Crippen molar-refractivity contribution >= 4 is 28.7 Å². The average Bonchev–Trinajstić information content (AvgIpc) is 2.66. The number of ether oxygens (including phenoxy) is 2. The molecule has 2 N–H and O–H groups in total. The topological polar surface area (TPSA) is 54.9 Å². The summed E-state index contributed by atoms with van der Waals surface area (Å²) < 4.78 is 10.6. The highest BCUT2D eigenvalue weighted by Gasteiger charge is 2.16. The first kappa shape index (κ1) is 17.2. The van der Waals surface area contributed by atoms with Gasteiger partial charge in [-0.3, -0.25) is 5.43 Å². The molecule has 3 rings (SSSR count). The average molecular weight is 355 g/mol. The summed E-state index contributed by atoms with van der Waals surface area (Å²) in [6, 6.07) is 13.7. The van der Waals surface area contributed by atoms with Gasteiger partial charge in [-0.2, -0.15) is 5.10 Å². The maximum absolute atomic E-state index is 5.35. The van der Waals surface area contributed by atoms with E-state index in [0.717, 1.165) is 47.7 Å². The molecule has 2 aromatic rings. The number of nitrogens with one attached hydrogen (secondary N) is 2. The zero-order valence-electron chi connectivity index (χ0n) is 14.3. The summed E-state index contributed by atoms with van der Waals surface area (Å²) in [4.78, 5) is 0. The van der Waals surface area contributed by atoms with Crippen LogP contribution >= 0.6 is 12.2 Å². The monoisotopic (exact) mass is 355 g/mol. The highest BCUT2D eigenvalue weighted by Crippen LogP contribution is 2.26. The number of nitrogens with zero attached hydrogens (tertiary/aromatic N) is 1. The number of hydrogen-bond donors (Lipinski definition) is 2. The first-order valence-corrected chi connectivity index (χ1v) is 8.56. The number of fused-ring (bicyclic) bond motifs is 1. The lowest BCUT2D eigenvalue weighted by molar-refractivity contribution is 0.414. The maximum Gasteiger partial charge on any atom is 0.191 e. The fourth-order valence-corrected chi connectivity index (χ4v) is 3.05. The Balaban J connectivity index is 1.71. The Morgan fingerprint density at radius 3 is 2.72 bits per heavy atom. The van der Waals surface area contributed by atoms with Gasteiger partial charge in [0, 0.05) is 5.56 Å². The van der Waals surface area contributed by atoms with Gasteiger partial charge >= 0.3 is 0 Å². The van der Waals surface area contributed by atoms with Crippen LogP contribution in [0.3, 0.4) is 0 Å². The number of para-hydroxylation sites is 2. The fraction of sp³-hybridized carbons (Fsp3) is 0.263. The van der Waals surface area contributed by atoms with Gasteiger partial charge < -0.3 is 14.8 Å². The van der Waals surface area contributed by atoms with E-state index in [-0.39, 0.29) is 0 Å². The van der Waals surface area contributed by atoms with Crippen LogP contribution in [0.5, 0.6) is 11.5 Å². The molecule has 0 aromatic heterocycles. The third-order valence-electron chi connectivity index (χ3n) is 4.13. The van der Waals surface area contributed by atoms with Crippen molar-refractivity contribution < 1.29 is 9.47 Å². The lowest BCUT2D eigenvalue weighted by Crippen LogP contribution is -2.26.